The van der Waals surface area contributed by atoms with Crippen molar-refractivity contribution in [3.8, 4) is 0 Å². The number of carbonyl (C=O) groups is 1. The summed E-state index contributed by atoms with van der Waals surface area (Å²) in [5, 5.41) is 9.35. The number of carbonyl (C=O) groups excluding carboxylic acids is 1. The lowest BCUT2D eigenvalue weighted by Gasteiger charge is -2.40. The zero-order valence-corrected chi connectivity index (χ0v) is 25.0. The van der Waals surface area contributed by atoms with Crippen LogP contribution in [0.4, 0.5) is 11.4 Å². The number of anilines is 2. The van der Waals surface area contributed by atoms with Crippen molar-refractivity contribution < 1.29 is 13.2 Å². The molecule has 212 valence electrons. The van der Waals surface area contributed by atoms with E-state index in [-0.39, 0.29) is 28.1 Å². The van der Waals surface area contributed by atoms with Gasteiger partial charge in [-0.25, -0.2) is 13.6 Å². The summed E-state index contributed by atoms with van der Waals surface area (Å²) in [6.45, 7) is 6.15. The minimum absolute atomic E-state index is 0.0263. The van der Waals surface area contributed by atoms with Crippen LogP contribution >= 0.6 is 23.1 Å². The number of benzene rings is 2. The molecule has 6 rings (SSSR count). The van der Waals surface area contributed by atoms with Gasteiger partial charge in [-0.1, -0.05) is 23.5 Å². The molecular formula is C29H34N4O4S3. The SMILES string of the molecule is CCN(CC)c1ccc(C2c3sc(=O)n(CC(=O)Nc4ccc(S(N)(=O)=O)cc4)c3SC3C4CCC(C4)C23)cc1. The fourth-order valence-corrected chi connectivity index (χ4v) is 10.7. The summed E-state index contributed by atoms with van der Waals surface area (Å²) in [5.41, 5.74) is 2.91. The molecule has 2 fully saturated rings. The first kappa shape index (κ1) is 27.6. The Hall–Kier alpha value is -2.60. The van der Waals surface area contributed by atoms with Crippen molar-refractivity contribution in [2.45, 2.75) is 60.7 Å². The number of primary sulfonamides is 1. The van der Waals surface area contributed by atoms with E-state index in [0.29, 0.717) is 28.7 Å². The number of sulfonamides is 1. The van der Waals surface area contributed by atoms with Crippen molar-refractivity contribution in [1.82, 2.24) is 4.57 Å². The van der Waals surface area contributed by atoms with Gasteiger partial charge in [-0.2, -0.15) is 0 Å². The van der Waals surface area contributed by atoms with E-state index in [1.54, 1.807) is 4.57 Å². The summed E-state index contributed by atoms with van der Waals surface area (Å²) in [7, 11) is -3.82. The average molecular weight is 599 g/mol. The molecule has 2 aromatic carbocycles. The van der Waals surface area contributed by atoms with Crippen molar-refractivity contribution in [3.05, 3.63) is 68.6 Å². The van der Waals surface area contributed by atoms with Crippen LogP contribution in [0.2, 0.25) is 0 Å². The van der Waals surface area contributed by atoms with E-state index in [2.05, 4.69) is 48.3 Å². The summed E-state index contributed by atoms with van der Waals surface area (Å²) < 4.78 is 24.7. The molecule has 5 unspecified atom stereocenters. The highest BCUT2D eigenvalue weighted by molar-refractivity contribution is 8.00. The molecular weight excluding hydrogens is 565 g/mol. The van der Waals surface area contributed by atoms with Crippen LogP contribution in [0.1, 0.15) is 49.5 Å². The van der Waals surface area contributed by atoms with Gasteiger partial charge < -0.3 is 10.2 Å². The summed E-state index contributed by atoms with van der Waals surface area (Å²) in [6.07, 6.45) is 3.76. The van der Waals surface area contributed by atoms with E-state index in [9.17, 15) is 18.0 Å². The van der Waals surface area contributed by atoms with Gasteiger partial charge in [0.1, 0.15) is 6.54 Å². The second kappa shape index (κ2) is 10.7. The van der Waals surface area contributed by atoms with Gasteiger partial charge in [-0.05, 0) is 92.8 Å². The van der Waals surface area contributed by atoms with E-state index in [1.807, 2.05) is 11.8 Å². The van der Waals surface area contributed by atoms with E-state index >= 15 is 0 Å². The first-order valence-electron chi connectivity index (χ1n) is 13.9. The predicted molar refractivity (Wildman–Crippen MR) is 161 cm³/mol. The highest BCUT2D eigenvalue weighted by Crippen LogP contribution is 2.64. The third-order valence-electron chi connectivity index (χ3n) is 8.84. The topological polar surface area (TPSA) is 114 Å². The van der Waals surface area contributed by atoms with Crippen LogP contribution < -0.4 is 20.2 Å². The first-order valence-corrected chi connectivity index (χ1v) is 17.1. The van der Waals surface area contributed by atoms with Crippen LogP contribution in [0.25, 0.3) is 0 Å². The van der Waals surface area contributed by atoms with Gasteiger partial charge in [0.2, 0.25) is 15.9 Å². The van der Waals surface area contributed by atoms with Crippen LogP contribution in [0.3, 0.4) is 0 Å². The van der Waals surface area contributed by atoms with E-state index in [0.717, 1.165) is 23.0 Å². The minimum Gasteiger partial charge on any atom is -0.372 e. The molecule has 3 N–H and O–H groups in total. The zero-order chi connectivity index (χ0) is 28.2. The fourth-order valence-electron chi connectivity index (χ4n) is 7.01. The third-order valence-corrected chi connectivity index (χ3v) is 12.6. The standard InChI is InChI=1S/C29H34N4O4S3/c1-3-32(4-2)21-11-7-17(8-12-21)24-25-18-5-6-19(15-18)26(25)38-28-27(24)39-29(35)33(28)16-23(34)31-20-9-13-22(14-10-20)40(30,36)37/h7-14,18-19,24-26H,3-6,15-16H2,1-2H3,(H,31,34)(H2,30,36,37). The van der Waals surface area contributed by atoms with E-state index in [1.165, 1.54) is 66.1 Å². The molecule has 1 aliphatic heterocycles. The van der Waals surface area contributed by atoms with Gasteiger partial charge in [-0.15, -0.1) is 11.8 Å². The Kier molecular flexibility index (Phi) is 7.35. The largest absolute Gasteiger partial charge is 0.372 e. The number of fused-ring (bicyclic) bond motifs is 6. The number of thiazole rings is 1. The molecule has 40 heavy (non-hydrogen) atoms. The lowest BCUT2D eigenvalue weighted by molar-refractivity contribution is -0.116. The molecule has 0 spiro atoms. The van der Waals surface area contributed by atoms with E-state index in [4.69, 9.17) is 5.14 Å². The van der Waals surface area contributed by atoms with Crippen LogP contribution in [0.15, 0.2) is 63.2 Å². The molecule has 0 radical (unpaired) electrons. The predicted octanol–water partition coefficient (Wildman–Crippen LogP) is 4.69. The maximum atomic E-state index is 13.3. The monoisotopic (exact) mass is 598 g/mol. The maximum absolute atomic E-state index is 13.3. The summed E-state index contributed by atoms with van der Waals surface area (Å²) in [4.78, 5) is 29.7. The second-order valence-corrected chi connectivity index (χ2v) is 14.7. The number of hydrogen-bond donors (Lipinski definition) is 2. The Labute approximate surface area is 243 Å². The van der Waals surface area contributed by atoms with Crippen LogP contribution in [0.5, 0.6) is 0 Å². The van der Waals surface area contributed by atoms with Gasteiger partial charge in [0.05, 0.1) is 9.92 Å². The summed E-state index contributed by atoms with van der Waals surface area (Å²) in [6, 6.07) is 14.6. The summed E-state index contributed by atoms with van der Waals surface area (Å²) in [5.74, 6) is 1.67. The molecule has 0 saturated heterocycles. The van der Waals surface area contributed by atoms with Crippen LogP contribution in [0, 0.1) is 17.8 Å². The molecule has 2 bridgehead atoms. The van der Waals surface area contributed by atoms with Gasteiger partial charge >= 0.3 is 4.87 Å². The normalized spacial score (nSPS) is 24.9. The lowest BCUT2D eigenvalue weighted by atomic mass is 9.75. The Morgan fingerprint density at radius 2 is 1.73 bits per heavy atom. The minimum atomic E-state index is -3.82. The smallest absolute Gasteiger partial charge is 0.308 e. The summed E-state index contributed by atoms with van der Waals surface area (Å²) >= 11 is 3.09. The number of amides is 1. The van der Waals surface area contributed by atoms with Crippen molar-refractivity contribution in [2.24, 2.45) is 22.9 Å². The Balaban J connectivity index is 1.30. The quantitative estimate of drug-likeness (QED) is 0.389. The van der Waals surface area contributed by atoms with Crippen LogP contribution in [-0.2, 0) is 21.4 Å². The Morgan fingerprint density at radius 1 is 1.05 bits per heavy atom. The maximum Gasteiger partial charge on any atom is 0.308 e. The van der Waals surface area contributed by atoms with Gasteiger partial charge in [0.15, 0.2) is 0 Å². The second-order valence-electron chi connectivity index (χ2n) is 11.0. The number of hydrogen-bond acceptors (Lipinski definition) is 7. The van der Waals surface area contributed by atoms with Gasteiger partial charge in [-0.3, -0.25) is 14.2 Å². The molecule has 8 nitrogen and oxygen atoms in total. The molecule has 2 heterocycles. The molecule has 3 aromatic rings. The molecule has 2 aliphatic carbocycles. The first-order chi connectivity index (χ1) is 19.2. The number of rotatable bonds is 8. The van der Waals surface area contributed by atoms with Gasteiger partial charge in [0, 0.05) is 40.5 Å². The molecule has 1 amide bonds. The number of aromatic nitrogens is 1. The number of nitrogens with one attached hydrogen (secondary N) is 1. The molecule has 1 aromatic heterocycles. The Morgan fingerprint density at radius 3 is 2.38 bits per heavy atom. The third kappa shape index (κ3) is 4.91. The number of nitrogens with two attached hydrogens (primary N) is 1. The number of nitrogens with zero attached hydrogens (tertiary/aromatic N) is 2. The number of thioether (sulfide) groups is 1. The Bertz CT molecular complexity index is 1580. The highest BCUT2D eigenvalue weighted by atomic mass is 32.2. The van der Waals surface area contributed by atoms with Crippen molar-refractivity contribution in [3.63, 3.8) is 0 Å². The van der Waals surface area contributed by atoms with Crippen molar-refractivity contribution >= 4 is 50.4 Å². The van der Waals surface area contributed by atoms with Crippen molar-refractivity contribution in [1.29, 1.82) is 0 Å². The van der Waals surface area contributed by atoms with E-state index < -0.39 is 10.0 Å². The van der Waals surface area contributed by atoms with Crippen molar-refractivity contribution in [2.75, 3.05) is 23.3 Å². The highest BCUT2D eigenvalue weighted by Gasteiger charge is 2.55. The lowest BCUT2D eigenvalue weighted by Crippen LogP contribution is -2.35. The fraction of sp³-hybridized carbons (Fsp3) is 0.448. The average Bonchev–Trinajstić information content (AvgIpc) is 3.63. The molecule has 2 saturated carbocycles. The zero-order valence-electron chi connectivity index (χ0n) is 22.6. The van der Waals surface area contributed by atoms with Crippen LogP contribution in [-0.4, -0.2) is 37.2 Å². The molecule has 11 heteroatoms. The van der Waals surface area contributed by atoms with Gasteiger partial charge in [0.25, 0.3) is 0 Å². The molecule has 5 atom stereocenters. The molecule has 3 aliphatic rings.